The van der Waals surface area contributed by atoms with Gasteiger partial charge >= 0.3 is 6.03 Å². The summed E-state index contributed by atoms with van der Waals surface area (Å²) in [4.78, 5) is 26.8. The first-order valence-electron chi connectivity index (χ1n) is 10.7. The molecule has 164 valence electrons. The number of carbonyl (C=O) groups excluding carboxylic acids is 2. The van der Waals surface area contributed by atoms with Crippen molar-refractivity contribution in [2.45, 2.75) is 53.1 Å². The van der Waals surface area contributed by atoms with Crippen LogP contribution in [-0.2, 0) is 4.79 Å². The average Bonchev–Trinajstić information content (AvgIpc) is 3.15. The van der Waals surface area contributed by atoms with E-state index in [9.17, 15) is 9.59 Å². The molecule has 1 N–H and O–H groups in total. The van der Waals surface area contributed by atoms with Crippen LogP contribution in [0.2, 0.25) is 0 Å². The molecular weight excluding hydrogens is 388 g/mol. The lowest BCUT2D eigenvalue weighted by Gasteiger charge is -2.25. The van der Waals surface area contributed by atoms with Gasteiger partial charge in [-0.3, -0.25) is 4.79 Å². The molecule has 1 aliphatic heterocycles. The number of aryl methyl sites for hydroxylation is 3. The van der Waals surface area contributed by atoms with Gasteiger partial charge in [-0.2, -0.15) is 5.10 Å². The molecule has 0 unspecified atom stereocenters. The number of urea groups is 1. The molecule has 0 fully saturated rings. The van der Waals surface area contributed by atoms with Crippen molar-refractivity contribution in [2.75, 3.05) is 13.6 Å². The molecule has 2 aromatic rings. The summed E-state index contributed by atoms with van der Waals surface area (Å²) in [6.45, 7) is 9.95. The van der Waals surface area contributed by atoms with E-state index in [1.165, 1.54) is 21.6 Å². The van der Waals surface area contributed by atoms with Crippen molar-refractivity contribution in [3.05, 3.63) is 70.3 Å². The van der Waals surface area contributed by atoms with Crippen LogP contribution in [0.25, 0.3) is 0 Å². The summed E-state index contributed by atoms with van der Waals surface area (Å²) >= 11 is 0. The molecule has 0 bridgehead atoms. The number of rotatable bonds is 5. The van der Waals surface area contributed by atoms with E-state index in [2.05, 4.69) is 37.4 Å². The van der Waals surface area contributed by atoms with Gasteiger partial charge in [0.15, 0.2) is 0 Å². The molecule has 6 nitrogen and oxygen atoms in total. The molecule has 1 heterocycles. The van der Waals surface area contributed by atoms with Crippen molar-refractivity contribution >= 4 is 17.6 Å². The SMILES string of the molecule is Cc1ccc([C@@H]2CC(c3ccc(C)c(C)c3)=NN2C(=O)CN(C)C(=O)NC(C)C)cc1. The largest absolute Gasteiger partial charge is 0.336 e. The summed E-state index contributed by atoms with van der Waals surface area (Å²) in [6.07, 6.45) is 0.638. The van der Waals surface area contributed by atoms with Crippen molar-refractivity contribution in [1.82, 2.24) is 15.2 Å². The predicted molar refractivity (Wildman–Crippen MR) is 124 cm³/mol. The van der Waals surface area contributed by atoms with E-state index >= 15 is 0 Å². The number of likely N-dealkylation sites (N-methyl/N-ethyl adjacent to an activating group) is 1. The lowest BCUT2D eigenvalue weighted by molar-refractivity contribution is -0.133. The fourth-order valence-electron chi connectivity index (χ4n) is 3.59. The molecule has 0 saturated heterocycles. The molecule has 1 atom stereocenters. The Bertz CT molecular complexity index is 995. The minimum atomic E-state index is -0.271. The summed E-state index contributed by atoms with van der Waals surface area (Å²) in [6, 6.07) is 14.0. The monoisotopic (exact) mass is 420 g/mol. The fraction of sp³-hybridized carbons (Fsp3) is 0.400. The van der Waals surface area contributed by atoms with Gasteiger partial charge in [0, 0.05) is 19.5 Å². The first-order valence-corrected chi connectivity index (χ1v) is 10.7. The Morgan fingerprint density at radius 3 is 2.39 bits per heavy atom. The molecule has 0 spiro atoms. The number of benzene rings is 2. The summed E-state index contributed by atoms with van der Waals surface area (Å²) in [7, 11) is 1.63. The third-order valence-electron chi connectivity index (χ3n) is 5.60. The number of nitrogens with zero attached hydrogens (tertiary/aromatic N) is 3. The predicted octanol–water partition coefficient (Wildman–Crippen LogP) is 4.34. The Kier molecular flexibility index (Phi) is 6.78. The van der Waals surface area contributed by atoms with Crippen LogP contribution in [0.5, 0.6) is 0 Å². The second-order valence-corrected chi connectivity index (χ2v) is 8.67. The van der Waals surface area contributed by atoms with E-state index in [4.69, 9.17) is 5.10 Å². The van der Waals surface area contributed by atoms with Crippen molar-refractivity contribution < 1.29 is 9.59 Å². The molecular formula is C25H32N4O2. The average molecular weight is 421 g/mol. The highest BCUT2D eigenvalue weighted by molar-refractivity contribution is 6.03. The maximum absolute atomic E-state index is 13.2. The Morgan fingerprint density at radius 1 is 1.10 bits per heavy atom. The summed E-state index contributed by atoms with van der Waals surface area (Å²) in [5.74, 6) is -0.203. The number of amides is 3. The molecule has 0 radical (unpaired) electrons. The number of nitrogens with one attached hydrogen (secondary N) is 1. The van der Waals surface area contributed by atoms with E-state index in [1.807, 2.05) is 45.0 Å². The number of hydrazone groups is 1. The maximum atomic E-state index is 13.2. The van der Waals surface area contributed by atoms with E-state index in [1.54, 1.807) is 12.1 Å². The van der Waals surface area contributed by atoms with E-state index in [0.29, 0.717) is 6.42 Å². The van der Waals surface area contributed by atoms with Gasteiger partial charge < -0.3 is 10.2 Å². The topological polar surface area (TPSA) is 65.0 Å². The number of hydrogen-bond donors (Lipinski definition) is 1. The second kappa shape index (κ2) is 9.33. The van der Waals surface area contributed by atoms with Gasteiger partial charge in [0.05, 0.1) is 11.8 Å². The Balaban J connectivity index is 1.88. The molecule has 6 heteroatoms. The highest BCUT2D eigenvalue weighted by Gasteiger charge is 2.34. The van der Waals surface area contributed by atoms with Crippen LogP contribution in [-0.4, -0.2) is 47.2 Å². The van der Waals surface area contributed by atoms with Crippen LogP contribution in [0.4, 0.5) is 4.79 Å². The van der Waals surface area contributed by atoms with Crippen LogP contribution >= 0.6 is 0 Å². The zero-order valence-corrected chi connectivity index (χ0v) is 19.3. The molecule has 3 amide bonds. The highest BCUT2D eigenvalue weighted by atomic mass is 16.2. The Labute approximate surface area is 184 Å². The number of carbonyl (C=O) groups is 2. The van der Waals surface area contributed by atoms with Gasteiger partial charge in [0.1, 0.15) is 6.54 Å². The summed E-state index contributed by atoms with van der Waals surface area (Å²) in [5.41, 5.74) is 6.54. The molecule has 2 aromatic carbocycles. The van der Waals surface area contributed by atoms with Crippen LogP contribution in [0, 0.1) is 20.8 Å². The first-order chi connectivity index (χ1) is 14.7. The van der Waals surface area contributed by atoms with Crippen molar-refractivity contribution in [2.24, 2.45) is 5.10 Å². The van der Waals surface area contributed by atoms with Crippen molar-refractivity contribution in [1.29, 1.82) is 0 Å². The third-order valence-corrected chi connectivity index (χ3v) is 5.60. The molecule has 0 saturated carbocycles. The lowest BCUT2D eigenvalue weighted by atomic mass is 9.96. The lowest BCUT2D eigenvalue weighted by Crippen LogP contribution is -2.45. The minimum absolute atomic E-state index is 0.00606. The van der Waals surface area contributed by atoms with E-state index in [0.717, 1.165) is 16.8 Å². The smallest absolute Gasteiger partial charge is 0.317 e. The molecule has 3 rings (SSSR count). The van der Waals surface area contributed by atoms with Crippen LogP contribution in [0.1, 0.15) is 54.1 Å². The Hall–Kier alpha value is -3.15. The summed E-state index contributed by atoms with van der Waals surface area (Å²) in [5, 5.41) is 9.09. The maximum Gasteiger partial charge on any atom is 0.317 e. The van der Waals surface area contributed by atoms with Gasteiger partial charge in [-0.1, -0.05) is 42.0 Å². The van der Waals surface area contributed by atoms with Crippen molar-refractivity contribution in [3.8, 4) is 0 Å². The zero-order chi connectivity index (χ0) is 22.7. The molecule has 1 aliphatic rings. The second-order valence-electron chi connectivity index (χ2n) is 8.67. The van der Waals surface area contributed by atoms with Crippen LogP contribution in [0.15, 0.2) is 47.6 Å². The van der Waals surface area contributed by atoms with E-state index < -0.39 is 0 Å². The fourth-order valence-corrected chi connectivity index (χ4v) is 3.59. The van der Waals surface area contributed by atoms with Crippen LogP contribution < -0.4 is 5.32 Å². The van der Waals surface area contributed by atoms with Gasteiger partial charge in [0.2, 0.25) is 0 Å². The molecule has 0 aromatic heterocycles. The quantitative estimate of drug-likeness (QED) is 0.782. The van der Waals surface area contributed by atoms with E-state index in [-0.39, 0.29) is 30.6 Å². The third kappa shape index (κ3) is 5.32. The van der Waals surface area contributed by atoms with Gasteiger partial charge in [-0.25, -0.2) is 9.80 Å². The van der Waals surface area contributed by atoms with Crippen molar-refractivity contribution in [3.63, 3.8) is 0 Å². The Morgan fingerprint density at radius 2 is 1.77 bits per heavy atom. The first kappa shape index (κ1) is 22.5. The van der Waals surface area contributed by atoms with Crippen LogP contribution in [0.3, 0.4) is 0 Å². The minimum Gasteiger partial charge on any atom is -0.336 e. The normalized spacial score (nSPS) is 15.8. The van der Waals surface area contributed by atoms with Gasteiger partial charge in [-0.15, -0.1) is 0 Å². The summed E-state index contributed by atoms with van der Waals surface area (Å²) < 4.78 is 0. The van der Waals surface area contributed by atoms with Gasteiger partial charge in [-0.05, 0) is 62.9 Å². The number of hydrogen-bond acceptors (Lipinski definition) is 3. The molecule has 31 heavy (non-hydrogen) atoms. The molecule has 0 aliphatic carbocycles. The zero-order valence-electron chi connectivity index (χ0n) is 19.3. The van der Waals surface area contributed by atoms with Gasteiger partial charge in [0.25, 0.3) is 5.91 Å². The standard InChI is InChI=1S/C25H32N4O2/c1-16(2)26-25(31)28(6)15-24(30)29-23(20-10-7-17(3)8-11-20)14-22(27-29)21-12-9-18(4)19(5)13-21/h7-13,16,23H,14-15H2,1-6H3,(H,26,31)/t23-/m0/s1. The highest BCUT2D eigenvalue weighted by Crippen LogP contribution is 2.33.